The van der Waals surface area contributed by atoms with E-state index in [2.05, 4.69) is 0 Å². The number of carbonyl (C=O) groups is 2. The standard InChI is InChI=1S/C14H22N2O3/c15-13(18)14(19)5-6-16(8-14)12(17)11-7-9-1-3-10(11)4-2-9/h9-11,19H,1-8H2,(H2,15,18). The average molecular weight is 266 g/mol. The molecule has 4 rings (SSSR count). The molecule has 4 aliphatic rings. The van der Waals surface area contributed by atoms with Crippen LogP contribution in [-0.2, 0) is 9.59 Å². The van der Waals surface area contributed by atoms with Crippen molar-refractivity contribution in [1.82, 2.24) is 4.90 Å². The van der Waals surface area contributed by atoms with Crippen molar-refractivity contribution < 1.29 is 14.7 Å². The summed E-state index contributed by atoms with van der Waals surface area (Å²) >= 11 is 0. The van der Waals surface area contributed by atoms with Gasteiger partial charge in [0.15, 0.2) is 5.60 Å². The summed E-state index contributed by atoms with van der Waals surface area (Å²) in [7, 11) is 0. The molecule has 1 saturated heterocycles. The molecule has 5 nitrogen and oxygen atoms in total. The van der Waals surface area contributed by atoms with Gasteiger partial charge in [0.05, 0.1) is 6.54 Å². The average Bonchev–Trinajstić information content (AvgIpc) is 2.83. The summed E-state index contributed by atoms with van der Waals surface area (Å²) < 4.78 is 0. The number of rotatable bonds is 2. The van der Waals surface area contributed by atoms with E-state index >= 15 is 0 Å². The topological polar surface area (TPSA) is 83.6 Å². The summed E-state index contributed by atoms with van der Waals surface area (Å²) in [5.74, 6) is 0.749. The van der Waals surface area contributed by atoms with Gasteiger partial charge in [-0.3, -0.25) is 9.59 Å². The van der Waals surface area contributed by atoms with Crippen LogP contribution in [0.4, 0.5) is 0 Å². The van der Waals surface area contributed by atoms with Crippen molar-refractivity contribution in [2.75, 3.05) is 13.1 Å². The van der Waals surface area contributed by atoms with Crippen molar-refractivity contribution in [3.8, 4) is 0 Å². The summed E-state index contributed by atoms with van der Waals surface area (Å²) in [5, 5.41) is 10.0. The zero-order valence-electron chi connectivity index (χ0n) is 11.2. The molecule has 0 aromatic rings. The Balaban J connectivity index is 1.67. The summed E-state index contributed by atoms with van der Waals surface area (Å²) in [6.45, 7) is 0.529. The lowest BCUT2D eigenvalue weighted by Gasteiger charge is -2.42. The van der Waals surface area contributed by atoms with Crippen LogP contribution in [0.1, 0.15) is 38.5 Å². The maximum atomic E-state index is 12.6. The number of aliphatic hydroxyl groups is 1. The number of likely N-dealkylation sites (tertiary alicyclic amines) is 1. The number of nitrogens with two attached hydrogens (primary N) is 1. The molecule has 3 N–H and O–H groups in total. The van der Waals surface area contributed by atoms with E-state index < -0.39 is 11.5 Å². The molecule has 4 fully saturated rings. The lowest BCUT2D eigenvalue weighted by Crippen LogP contribution is -2.49. The molecule has 2 atom stereocenters. The summed E-state index contributed by atoms with van der Waals surface area (Å²) in [6, 6.07) is 0. The highest BCUT2D eigenvalue weighted by Crippen LogP contribution is 2.46. The third-order valence-electron chi connectivity index (χ3n) is 5.38. The number of fused-ring (bicyclic) bond motifs is 3. The van der Waals surface area contributed by atoms with E-state index in [1.165, 1.54) is 12.8 Å². The van der Waals surface area contributed by atoms with E-state index in [1.54, 1.807) is 4.90 Å². The molecule has 3 saturated carbocycles. The molecule has 0 aromatic carbocycles. The Morgan fingerprint density at radius 1 is 1.21 bits per heavy atom. The van der Waals surface area contributed by atoms with Crippen molar-refractivity contribution in [3.63, 3.8) is 0 Å². The van der Waals surface area contributed by atoms with E-state index in [-0.39, 0.29) is 24.8 Å². The third kappa shape index (κ3) is 2.14. The second-order valence-corrected chi connectivity index (χ2v) is 6.53. The number of amides is 2. The van der Waals surface area contributed by atoms with Crippen LogP contribution in [0.25, 0.3) is 0 Å². The van der Waals surface area contributed by atoms with Crippen LogP contribution >= 0.6 is 0 Å². The lowest BCUT2D eigenvalue weighted by molar-refractivity contribution is -0.142. The first-order chi connectivity index (χ1) is 8.99. The van der Waals surface area contributed by atoms with Crippen LogP contribution in [0.3, 0.4) is 0 Å². The molecule has 2 bridgehead atoms. The van der Waals surface area contributed by atoms with Gasteiger partial charge in [-0.1, -0.05) is 12.8 Å². The minimum absolute atomic E-state index is 0.0784. The number of carbonyl (C=O) groups excluding carboxylic acids is 2. The fourth-order valence-corrected chi connectivity index (χ4v) is 4.10. The smallest absolute Gasteiger partial charge is 0.251 e. The van der Waals surface area contributed by atoms with Gasteiger partial charge < -0.3 is 15.7 Å². The Bertz CT molecular complexity index is 403. The molecule has 2 unspecified atom stereocenters. The Kier molecular flexibility index (Phi) is 3.04. The molecule has 0 spiro atoms. The first-order valence-electron chi connectivity index (χ1n) is 7.31. The predicted octanol–water partition coefficient (Wildman–Crippen LogP) is 0.261. The minimum atomic E-state index is -1.51. The van der Waals surface area contributed by atoms with Gasteiger partial charge in [0, 0.05) is 18.9 Å². The van der Waals surface area contributed by atoms with Crippen molar-refractivity contribution >= 4 is 11.8 Å². The summed E-state index contributed by atoms with van der Waals surface area (Å²) in [4.78, 5) is 25.4. The molecule has 19 heavy (non-hydrogen) atoms. The Morgan fingerprint density at radius 3 is 2.37 bits per heavy atom. The van der Waals surface area contributed by atoms with Crippen molar-refractivity contribution in [2.24, 2.45) is 23.5 Å². The van der Waals surface area contributed by atoms with E-state index in [0.29, 0.717) is 18.4 Å². The monoisotopic (exact) mass is 266 g/mol. The fourth-order valence-electron chi connectivity index (χ4n) is 4.10. The largest absolute Gasteiger partial charge is 0.378 e. The second kappa shape index (κ2) is 4.47. The van der Waals surface area contributed by atoms with Crippen molar-refractivity contribution in [2.45, 2.75) is 44.1 Å². The molecule has 0 radical (unpaired) electrons. The van der Waals surface area contributed by atoms with Crippen LogP contribution in [0.2, 0.25) is 0 Å². The molecule has 0 aromatic heterocycles. The number of β-amino-alcohol motifs (C(OH)–C–C–N with tert-alkyl or cyclic N) is 1. The molecule has 3 aliphatic carbocycles. The second-order valence-electron chi connectivity index (χ2n) is 6.53. The zero-order valence-corrected chi connectivity index (χ0v) is 11.2. The van der Waals surface area contributed by atoms with Crippen LogP contribution in [0.15, 0.2) is 0 Å². The molecular weight excluding hydrogens is 244 g/mol. The predicted molar refractivity (Wildman–Crippen MR) is 68.9 cm³/mol. The van der Waals surface area contributed by atoms with Crippen LogP contribution in [0, 0.1) is 17.8 Å². The van der Waals surface area contributed by atoms with Crippen LogP contribution in [0.5, 0.6) is 0 Å². The lowest BCUT2D eigenvalue weighted by atomic mass is 9.64. The Hall–Kier alpha value is -1.10. The van der Waals surface area contributed by atoms with Crippen LogP contribution in [-0.4, -0.2) is 40.5 Å². The van der Waals surface area contributed by atoms with Gasteiger partial charge in [-0.25, -0.2) is 0 Å². The van der Waals surface area contributed by atoms with Gasteiger partial charge in [-0.2, -0.15) is 0 Å². The minimum Gasteiger partial charge on any atom is -0.378 e. The maximum Gasteiger partial charge on any atom is 0.251 e. The number of hydrogen-bond acceptors (Lipinski definition) is 3. The van der Waals surface area contributed by atoms with E-state index in [4.69, 9.17) is 5.73 Å². The maximum absolute atomic E-state index is 12.6. The van der Waals surface area contributed by atoms with Gasteiger partial charge >= 0.3 is 0 Å². The SMILES string of the molecule is NC(=O)C1(O)CCN(C(=O)C2CC3CCC2CC3)C1. The summed E-state index contributed by atoms with van der Waals surface area (Å²) in [5.41, 5.74) is 3.70. The van der Waals surface area contributed by atoms with E-state index in [0.717, 1.165) is 19.3 Å². The van der Waals surface area contributed by atoms with Gasteiger partial charge in [-0.05, 0) is 31.1 Å². The van der Waals surface area contributed by atoms with Gasteiger partial charge in [0.2, 0.25) is 5.91 Å². The first-order valence-corrected chi connectivity index (χ1v) is 7.31. The molecule has 5 heteroatoms. The van der Waals surface area contributed by atoms with Crippen molar-refractivity contribution in [1.29, 1.82) is 0 Å². The quantitative estimate of drug-likeness (QED) is 0.752. The Labute approximate surface area is 113 Å². The normalized spacial score (nSPS) is 41.5. The van der Waals surface area contributed by atoms with Gasteiger partial charge in [0.1, 0.15) is 0 Å². The molecule has 106 valence electrons. The zero-order chi connectivity index (χ0) is 13.6. The third-order valence-corrected chi connectivity index (χ3v) is 5.38. The highest BCUT2D eigenvalue weighted by molar-refractivity contribution is 5.86. The highest BCUT2D eigenvalue weighted by Gasteiger charge is 2.47. The number of hydrogen-bond donors (Lipinski definition) is 2. The Morgan fingerprint density at radius 2 is 1.89 bits per heavy atom. The fraction of sp³-hybridized carbons (Fsp3) is 0.857. The first kappa shape index (κ1) is 12.9. The van der Waals surface area contributed by atoms with Crippen molar-refractivity contribution in [3.05, 3.63) is 0 Å². The van der Waals surface area contributed by atoms with Crippen LogP contribution < -0.4 is 5.73 Å². The van der Waals surface area contributed by atoms with E-state index in [9.17, 15) is 14.7 Å². The molecular formula is C14H22N2O3. The number of nitrogens with zero attached hydrogens (tertiary/aromatic N) is 1. The van der Waals surface area contributed by atoms with Gasteiger partial charge in [0.25, 0.3) is 5.91 Å². The molecule has 1 heterocycles. The highest BCUT2D eigenvalue weighted by atomic mass is 16.3. The van der Waals surface area contributed by atoms with E-state index in [1.807, 2.05) is 0 Å². The molecule has 1 aliphatic heterocycles. The molecule has 2 amide bonds. The van der Waals surface area contributed by atoms with Gasteiger partial charge in [-0.15, -0.1) is 0 Å². The number of primary amides is 1. The summed E-state index contributed by atoms with van der Waals surface area (Å²) in [6.07, 6.45) is 6.12.